The minimum Gasteiger partial charge on any atom is -0.300 e. The summed E-state index contributed by atoms with van der Waals surface area (Å²) < 4.78 is 0. The Balaban J connectivity index is 1.62. The topological polar surface area (TPSA) is 48.8 Å². The van der Waals surface area contributed by atoms with Gasteiger partial charge in [0.25, 0.3) is 0 Å². The Bertz CT molecular complexity index is 1020. The number of rotatable bonds is 9. The standard InChI is InChI=1S/C28H26N4/c1-5-13-23(14-6-1)21-29-31-27(25-17-9-3-10-18-25)28(26-19-11-4-12-20-26)32-30-22-24-15-7-2-8-16-24/h1-22,27-28,31-32H/b29-21+,30-22+. The largest absolute Gasteiger partial charge is 0.300 e. The Morgan fingerprint density at radius 2 is 0.750 bits per heavy atom. The monoisotopic (exact) mass is 418 g/mol. The number of hydrogen-bond acceptors (Lipinski definition) is 4. The fraction of sp³-hybridized carbons (Fsp3) is 0.0714. The van der Waals surface area contributed by atoms with Gasteiger partial charge in [-0.05, 0) is 22.3 Å². The second-order valence-electron chi connectivity index (χ2n) is 7.37. The van der Waals surface area contributed by atoms with Crippen LogP contribution in [0.2, 0.25) is 0 Å². The first-order chi connectivity index (χ1) is 15.9. The van der Waals surface area contributed by atoms with Gasteiger partial charge >= 0.3 is 0 Å². The van der Waals surface area contributed by atoms with E-state index in [0.29, 0.717) is 0 Å². The summed E-state index contributed by atoms with van der Waals surface area (Å²) in [6.45, 7) is 0. The molecule has 4 heteroatoms. The number of nitrogens with zero attached hydrogens (tertiary/aromatic N) is 2. The van der Waals surface area contributed by atoms with Gasteiger partial charge in [0, 0.05) is 0 Å². The third kappa shape index (κ3) is 5.92. The lowest BCUT2D eigenvalue weighted by atomic mass is 9.94. The van der Waals surface area contributed by atoms with Crippen LogP contribution in [0.25, 0.3) is 0 Å². The lowest BCUT2D eigenvalue weighted by Crippen LogP contribution is -2.31. The minimum atomic E-state index is -0.133. The van der Waals surface area contributed by atoms with Crippen molar-refractivity contribution >= 4 is 12.4 Å². The molecule has 0 bridgehead atoms. The van der Waals surface area contributed by atoms with Gasteiger partial charge in [0.1, 0.15) is 0 Å². The first-order valence-corrected chi connectivity index (χ1v) is 10.7. The van der Waals surface area contributed by atoms with Crippen LogP contribution in [0, 0.1) is 0 Å². The maximum absolute atomic E-state index is 4.56. The third-order valence-electron chi connectivity index (χ3n) is 5.10. The van der Waals surface area contributed by atoms with Crippen LogP contribution < -0.4 is 10.9 Å². The summed E-state index contributed by atoms with van der Waals surface area (Å²) in [4.78, 5) is 0. The summed E-state index contributed by atoms with van der Waals surface area (Å²) in [7, 11) is 0. The van der Waals surface area contributed by atoms with Crippen LogP contribution in [-0.2, 0) is 0 Å². The van der Waals surface area contributed by atoms with Crippen LogP contribution in [0.3, 0.4) is 0 Å². The van der Waals surface area contributed by atoms with Gasteiger partial charge in [-0.1, -0.05) is 121 Å². The molecule has 4 rings (SSSR count). The van der Waals surface area contributed by atoms with Crippen LogP contribution in [0.1, 0.15) is 34.3 Å². The van der Waals surface area contributed by atoms with Crippen LogP contribution in [-0.4, -0.2) is 12.4 Å². The highest BCUT2D eigenvalue weighted by atomic mass is 15.4. The molecule has 0 saturated carbocycles. The smallest absolute Gasteiger partial charge is 0.0948 e. The van der Waals surface area contributed by atoms with Crippen LogP contribution >= 0.6 is 0 Å². The van der Waals surface area contributed by atoms with Gasteiger partial charge in [0.05, 0.1) is 24.5 Å². The summed E-state index contributed by atoms with van der Waals surface area (Å²) in [5.41, 5.74) is 11.0. The predicted molar refractivity (Wildman–Crippen MR) is 133 cm³/mol. The molecule has 0 heterocycles. The first-order valence-electron chi connectivity index (χ1n) is 10.7. The maximum Gasteiger partial charge on any atom is 0.0948 e. The van der Waals surface area contributed by atoms with Gasteiger partial charge in [0.15, 0.2) is 0 Å². The van der Waals surface area contributed by atoms with E-state index in [1.54, 1.807) is 0 Å². The van der Waals surface area contributed by atoms with Gasteiger partial charge in [-0.15, -0.1) is 0 Å². The number of nitrogens with one attached hydrogen (secondary N) is 2. The molecule has 0 aliphatic heterocycles. The second kappa shape index (κ2) is 11.3. The summed E-state index contributed by atoms with van der Waals surface area (Å²) in [5.74, 6) is 0. The Hall–Kier alpha value is -4.18. The SMILES string of the molecule is C(=N\NC(c1ccccc1)C(N/N=C/c1ccccc1)c1ccccc1)/c1ccccc1. The summed E-state index contributed by atoms with van der Waals surface area (Å²) in [5, 5.41) is 9.13. The normalized spacial score (nSPS) is 13.1. The molecular weight excluding hydrogens is 392 g/mol. The van der Waals surface area contributed by atoms with Gasteiger partial charge in [0.2, 0.25) is 0 Å². The number of hydrogen-bond donors (Lipinski definition) is 2. The second-order valence-corrected chi connectivity index (χ2v) is 7.37. The van der Waals surface area contributed by atoms with Crippen LogP contribution in [0.4, 0.5) is 0 Å². The van der Waals surface area contributed by atoms with E-state index in [4.69, 9.17) is 0 Å². The predicted octanol–water partition coefficient (Wildman–Crippen LogP) is 5.72. The summed E-state index contributed by atoms with van der Waals surface area (Å²) in [6, 6.07) is 40.5. The molecule has 32 heavy (non-hydrogen) atoms. The van der Waals surface area contributed by atoms with Gasteiger partial charge in [-0.25, -0.2) is 0 Å². The van der Waals surface area contributed by atoms with Crippen molar-refractivity contribution in [1.82, 2.24) is 10.9 Å². The van der Waals surface area contributed by atoms with Crippen molar-refractivity contribution in [1.29, 1.82) is 0 Å². The fourth-order valence-electron chi connectivity index (χ4n) is 3.47. The Morgan fingerprint density at radius 3 is 1.09 bits per heavy atom. The molecule has 2 atom stereocenters. The van der Waals surface area contributed by atoms with E-state index in [-0.39, 0.29) is 12.1 Å². The lowest BCUT2D eigenvalue weighted by Gasteiger charge is -2.27. The van der Waals surface area contributed by atoms with Gasteiger partial charge < -0.3 is 10.9 Å². The molecular formula is C28H26N4. The highest BCUT2D eigenvalue weighted by Crippen LogP contribution is 2.29. The lowest BCUT2D eigenvalue weighted by molar-refractivity contribution is 0.401. The molecule has 0 saturated heterocycles. The molecule has 0 aromatic heterocycles. The van der Waals surface area contributed by atoms with E-state index in [1.807, 2.05) is 109 Å². The molecule has 0 aliphatic carbocycles. The number of hydrazone groups is 2. The Kier molecular flexibility index (Phi) is 7.42. The van der Waals surface area contributed by atoms with Crippen molar-refractivity contribution in [3.05, 3.63) is 144 Å². The van der Waals surface area contributed by atoms with Crippen LogP contribution in [0.15, 0.2) is 132 Å². The van der Waals surface area contributed by atoms with Crippen molar-refractivity contribution in [3.63, 3.8) is 0 Å². The quantitative estimate of drug-likeness (QED) is 0.270. The Labute approximate surface area is 189 Å². The third-order valence-corrected chi connectivity index (χ3v) is 5.10. The van der Waals surface area contributed by atoms with Crippen molar-refractivity contribution < 1.29 is 0 Å². The maximum atomic E-state index is 4.56. The molecule has 0 aliphatic rings. The van der Waals surface area contributed by atoms with E-state index >= 15 is 0 Å². The van der Waals surface area contributed by atoms with Crippen LogP contribution in [0.5, 0.6) is 0 Å². The Morgan fingerprint density at radius 1 is 0.438 bits per heavy atom. The van der Waals surface area contributed by atoms with Crippen molar-refractivity contribution in [2.45, 2.75) is 12.1 Å². The molecule has 2 unspecified atom stereocenters. The van der Waals surface area contributed by atoms with Gasteiger partial charge in [-0.2, -0.15) is 10.2 Å². The zero-order valence-corrected chi connectivity index (χ0v) is 17.8. The van der Waals surface area contributed by atoms with Crippen molar-refractivity contribution in [2.75, 3.05) is 0 Å². The molecule has 0 fully saturated rings. The van der Waals surface area contributed by atoms with Crippen molar-refractivity contribution in [3.8, 4) is 0 Å². The van der Waals surface area contributed by atoms with E-state index in [1.165, 1.54) is 0 Å². The molecule has 4 aromatic rings. The molecule has 0 radical (unpaired) electrons. The average Bonchev–Trinajstić information content (AvgIpc) is 2.87. The van der Waals surface area contributed by atoms with E-state index in [2.05, 4.69) is 45.3 Å². The molecule has 0 amide bonds. The molecule has 2 N–H and O–H groups in total. The highest BCUT2D eigenvalue weighted by molar-refractivity contribution is 5.79. The molecule has 158 valence electrons. The zero-order chi connectivity index (χ0) is 21.8. The van der Waals surface area contributed by atoms with Crippen molar-refractivity contribution in [2.24, 2.45) is 10.2 Å². The molecule has 4 nitrogen and oxygen atoms in total. The summed E-state index contributed by atoms with van der Waals surface area (Å²) >= 11 is 0. The van der Waals surface area contributed by atoms with Gasteiger partial charge in [-0.3, -0.25) is 0 Å². The molecule has 4 aromatic carbocycles. The average molecular weight is 419 g/mol. The highest BCUT2D eigenvalue weighted by Gasteiger charge is 2.24. The first kappa shape index (κ1) is 21.1. The summed E-state index contributed by atoms with van der Waals surface area (Å²) in [6.07, 6.45) is 3.68. The zero-order valence-electron chi connectivity index (χ0n) is 17.8. The fourth-order valence-corrected chi connectivity index (χ4v) is 3.47. The molecule has 0 spiro atoms. The van der Waals surface area contributed by atoms with E-state index in [9.17, 15) is 0 Å². The van der Waals surface area contributed by atoms with E-state index < -0.39 is 0 Å². The number of benzene rings is 4. The van der Waals surface area contributed by atoms with E-state index in [0.717, 1.165) is 22.3 Å². The minimum absolute atomic E-state index is 0.133.